The number of nitrogens with two attached hydrogens (primary N) is 1. The van der Waals surface area contributed by atoms with Crippen molar-refractivity contribution < 1.29 is 13.5 Å². The molecular formula is C15H21F2NO. The van der Waals surface area contributed by atoms with Crippen molar-refractivity contribution in [3.63, 3.8) is 0 Å². The molecule has 1 aliphatic rings. The molecule has 0 aromatic heterocycles. The van der Waals surface area contributed by atoms with Crippen LogP contribution >= 0.6 is 0 Å². The van der Waals surface area contributed by atoms with Gasteiger partial charge in [-0.25, -0.2) is 8.78 Å². The van der Waals surface area contributed by atoms with Crippen molar-refractivity contribution in [1.82, 2.24) is 0 Å². The SMILES string of the molecule is CC1(C)CC(C(N)c2cc(F)cc(F)c2)C(C)(C)O1. The van der Waals surface area contributed by atoms with E-state index in [4.69, 9.17) is 10.5 Å². The highest BCUT2D eigenvalue weighted by Crippen LogP contribution is 2.46. The van der Waals surface area contributed by atoms with E-state index in [0.717, 1.165) is 12.5 Å². The van der Waals surface area contributed by atoms with Gasteiger partial charge in [0.25, 0.3) is 0 Å². The topological polar surface area (TPSA) is 35.2 Å². The second-order valence-electron chi connectivity index (χ2n) is 6.50. The fourth-order valence-electron chi connectivity index (χ4n) is 3.16. The number of benzene rings is 1. The second kappa shape index (κ2) is 4.53. The molecule has 1 heterocycles. The van der Waals surface area contributed by atoms with Gasteiger partial charge in [-0.05, 0) is 51.8 Å². The van der Waals surface area contributed by atoms with Crippen LogP contribution in [0.1, 0.15) is 45.7 Å². The van der Waals surface area contributed by atoms with Gasteiger partial charge < -0.3 is 10.5 Å². The third-order valence-electron chi connectivity index (χ3n) is 3.85. The first-order valence-corrected chi connectivity index (χ1v) is 6.52. The molecule has 2 nitrogen and oxygen atoms in total. The van der Waals surface area contributed by atoms with Gasteiger partial charge in [-0.15, -0.1) is 0 Å². The van der Waals surface area contributed by atoms with Crippen LogP contribution in [0.4, 0.5) is 8.78 Å². The van der Waals surface area contributed by atoms with Gasteiger partial charge in [0.2, 0.25) is 0 Å². The Morgan fingerprint density at radius 3 is 2.11 bits per heavy atom. The summed E-state index contributed by atoms with van der Waals surface area (Å²) in [5.74, 6) is -1.17. The molecule has 2 unspecified atom stereocenters. The lowest BCUT2D eigenvalue weighted by Gasteiger charge is -2.31. The van der Waals surface area contributed by atoms with Crippen LogP contribution in [0.2, 0.25) is 0 Å². The van der Waals surface area contributed by atoms with Crippen LogP contribution in [0.25, 0.3) is 0 Å². The lowest BCUT2D eigenvalue weighted by atomic mass is 9.79. The highest BCUT2D eigenvalue weighted by molar-refractivity contribution is 5.23. The Hall–Kier alpha value is -1.00. The molecule has 0 aliphatic carbocycles. The zero-order valence-corrected chi connectivity index (χ0v) is 11.8. The Morgan fingerprint density at radius 2 is 1.68 bits per heavy atom. The normalized spacial score (nSPS) is 26.4. The first-order chi connectivity index (χ1) is 8.61. The molecule has 0 amide bonds. The number of ether oxygens (including phenoxy) is 1. The summed E-state index contributed by atoms with van der Waals surface area (Å²) in [7, 11) is 0. The van der Waals surface area contributed by atoms with Crippen LogP contribution in [-0.4, -0.2) is 11.2 Å². The Morgan fingerprint density at radius 1 is 1.16 bits per heavy atom. The number of rotatable bonds is 2. The quantitative estimate of drug-likeness (QED) is 0.891. The molecule has 0 radical (unpaired) electrons. The Bertz CT molecular complexity index is 465. The fraction of sp³-hybridized carbons (Fsp3) is 0.600. The third kappa shape index (κ3) is 2.95. The largest absolute Gasteiger partial charge is 0.369 e. The minimum Gasteiger partial charge on any atom is -0.369 e. The van der Waals surface area contributed by atoms with Gasteiger partial charge in [0.05, 0.1) is 11.2 Å². The van der Waals surface area contributed by atoms with Crippen LogP contribution in [0, 0.1) is 17.6 Å². The highest BCUT2D eigenvalue weighted by atomic mass is 19.1. The maximum Gasteiger partial charge on any atom is 0.126 e. The Balaban J connectivity index is 2.31. The van der Waals surface area contributed by atoms with E-state index in [2.05, 4.69) is 0 Å². The second-order valence-corrected chi connectivity index (χ2v) is 6.50. The summed E-state index contributed by atoms with van der Waals surface area (Å²) in [5.41, 5.74) is 6.03. The molecular weight excluding hydrogens is 248 g/mol. The van der Waals surface area contributed by atoms with Crippen molar-refractivity contribution in [2.75, 3.05) is 0 Å². The molecule has 106 valence electrons. The summed E-state index contributed by atoms with van der Waals surface area (Å²) in [6.45, 7) is 7.96. The molecule has 0 bridgehead atoms. The predicted molar refractivity (Wildman–Crippen MR) is 70.6 cm³/mol. The standard InChI is InChI=1S/C15H21F2NO/c1-14(2)8-12(15(3,4)19-14)13(18)9-5-10(16)7-11(17)6-9/h5-7,12-13H,8,18H2,1-4H3. The van der Waals surface area contributed by atoms with E-state index < -0.39 is 23.3 Å². The average molecular weight is 269 g/mol. The average Bonchev–Trinajstić information content (AvgIpc) is 2.44. The van der Waals surface area contributed by atoms with Gasteiger partial charge in [-0.2, -0.15) is 0 Å². The van der Waals surface area contributed by atoms with E-state index >= 15 is 0 Å². The molecule has 2 rings (SSSR count). The number of hydrogen-bond acceptors (Lipinski definition) is 2. The van der Waals surface area contributed by atoms with Crippen LogP contribution in [0.5, 0.6) is 0 Å². The number of halogens is 2. The van der Waals surface area contributed by atoms with Gasteiger partial charge in [0.1, 0.15) is 11.6 Å². The highest BCUT2D eigenvalue weighted by Gasteiger charge is 2.48. The van der Waals surface area contributed by atoms with Crippen LogP contribution in [0.15, 0.2) is 18.2 Å². The van der Waals surface area contributed by atoms with Crippen LogP contribution in [0.3, 0.4) is 0 Å². The summed E-state index contributed by atoms with van der Waals surface area (Å²) in [4.78, 5) is 0. The molecule has 1 aromatic carbocycles. The van der Waals surface area contributed by atoms with Gasteiger partial charge in [0.15, 0.2) is 0 Å². The fourth-order valence-corrected chi connectivity index (χ4v) is 3.16. The minimum absolute atomic E-state index is 0.0173. The molecule has 1 fully saturated rings. The van der Waals surface area contributed by atoms with Crippen LogP contribution in [-0.2, 0) is 4.74 Å². The zero-order chi connectivity index (χ0) is 14.4. The molecule has 0 spiro atoms. The zero-order valence-electron chi connectivity index (χ0n) is 11.8. The monoisotopic (exact) mass is 269 g/mol. The summed E-state index contributed by atoms with van der Waals surface area (Å²) >= 11 is 0. The molecule has 4 heteroatoms. The van der Waals surface area contributed by atoms with Crippen LogP contribution < -0.4 is 5.73 Å². The lowest BCUT2D eigenvalue weighted by molar-refractivity contribution is -0.0767. The Labute approximate surface area is 112 Å². The first-order valence-electron chi connectivity index (χ1n) is 6.52. The number of hydrogen-bond donors (Lipinski definition) is 1. The summed E-state index contributed by atoms with van der Waals surface area (Å²) in [5, 5.41) is 0. The van der Waals surface area contributed by atoms with E-state index in [1.165, 1.54) is 12.1 Å². The Kier molecular flexibility index (Phi) is 3.43. The molecule has 1 aliphatic heterocycles. The van der Waals surface area contributed by atoms with Crippen molar-refractivity contribution in [2.45, 2.75) is 51.4 Å². The van der Waals surface area contributed by atoms with Crippen molar-refractivity contribution >= 4 is 0 Å². The molecule has 1 aromatic rings. The smallest absolute Gasteiger partial charge is 0.126 e. The maximum atomic E-state index is 13.3. The minimum atomic E-state index is -0.596. The van der Waals surface area contributed by atoms with E-state index in [9.17, 15) is 8.78 Å². The van der Waals surface area contributed by atoms with Gasteiger partial charge in [-0.1, -0.05) is 0 Å². The van der Waals surface area contributed by atoms with Crippen molar-refractivity contribution in [3.05, 3.63) is 35.4 Å². The van der Waals surface area contributed by atoms with Crippen molar-refractivity contribution in [3.8, 4) is 0 Å². The summed E-state index contributed by atoms with van der Waals surface area (Å²) < 4.78 is 32.6. The summed E-state index contributed by atoms with van der Waals surface area (Å²) in [6.07, 6.45) is 0.763. The molecule has 2 N–H and O–H groups in total. The lowest BCUT2D eigenvalue weighted by Crippen LogP contribution is -2.35. The van der Waals surface area contributed by atoms with E-state index in [-0.39, 0.29) is 11.5 Å². The molecule has 1 saturated heterocycles. The first kappa shape index (κ1) is 14.4. The van der Waals surface area contributed by atoms with Crippen molar-refractivity contribution in [2.24, 2.45) is 11.7 Å². The van der Waals surface area contributed by atoms with E-state index in [1.807, 2.05) is 27.7 Å². The van der Waals surface area contributed by atoms with Gasteiger partial charge >= 0.3 is 0 Å². The molecule has 19 heavy (non-hydrogen) atoms. The predicted octanol–water partition coefficient (Wildman–Crippen LogP) is 3.56. The van der Waals surface area contributed by atoms with E-state index in [1.54, 1.807) is 0 Å². The molecule has 0 saturated carbocycles. The van der Waals surface area contributed by atoms with Crippen molar-refractivity contribution in [1.29, 1.82) is 0 Å². The summed E-state index contributed by atoms with van der Waals surface area (Å²) in [6, 6.07) is 3.02. The van der Waals surface area contributed by atoms with Gasteiger partial charge in [0, 0.05) is 18.0 Å². The third-order valence-corrected chi connectivity index (χ3v) is 3.85. The molecule has 2 atom stereocenters. The van der Waals surface area contributed by atoms with Gasteiger partial charge in [-0.3, -0.25) is 0 Å². The van der Waals surface area contributed by atoms with E-state index in [0.29, 0.717) is 5.56 Å². The maximum absolute atomic E-state index is 13.3.